The van der Waals surface area contributed by atoms with E-state index in [1.165, 1.54) is 28.5 Å². The Labute approximate surface area is 177 Å². The molecule has 0 saturated heterocycles. The van der Waals surface area contributed by atoms with Crippen LogP contribution in [0.15, 0.2) is 69.5 Å². The van der Waals surface area contributed by atoms with Crippen LogP contribution in [-0.2, 0) is 12.3 Å². The fourth-order valence-electron chi connectivity index (χ4n) is 2.70. The maximum Gasteiger partial charge on any atom is 0.297 e. The lowest BCUT2D eigenvalue weighted by Gasteiger charge is -2.12. The number of hydrogen-bond donors (Lipinski definition) is 1. The minimum atomic E-state index is -0.221. The molecule has 3 rings (SSSR count). The molecule has 3 aromatic rings. The Morgan fingerprint density at radius 3 is 2.61 bits per heavy atom. The summed E-state index contributed by atoms with van der Waals surface area (Å²) < 4.78 is 2.56. The second-order valence-corrected chi connectivity index (χ2v) is 8.24. The SMILES string of the molecule is C=CCn1c(SCc2ccc(C)cc2C)nnc(Nc2ccc(Br)cc2)c1=O. The van der Waals surface area contributed by atoms with Gasteiger partial charge in [0.25, 0.3) is 5.56 Å². The van der Waals surface area contributed by atoms with Crippen LogP contribution in [0, 0.1) is 13.8 Å². The van der Waals surface area contributed by atoms with E-state index in [0.717, 1.165) is 15.9 Å². The Hall–Kier alpha value is -2.38. The molecule has 0 fully saturated rings. The third-order valence-corrected chi connectivity index (χ3v) is 5.73. The predicted molar refractivity (Wildman–Crippen MR) is 119 cm³/mol. The van der Waals surface area contributed by atoms with Crippen LogP contribution in [0.5, 0.6) is 0 Å². The summed E-state index contributed by atoms with van der Waals surface area (Å²) in [6.07, 6.45) is 1.69. The van der Waals surface area contributed by atoms with E-state index in [-0.39, 0.29) is 11.4 Å². The van der Waals surface area contributed by atoms with Gasteiger partial charge in [-0.1, -0.05) is 57.5 Å². The van der Waals surface area contributed by atoms with Gasteiger partial charge >= 0.3 is 0 Å². The number of aryl methyl sites for hydroxylation is 2. The molecule has 144 valence electrons. The van der Waals surface area contributed by atoms with Crippen molar-refractivity contribution in [3.63, 3.8) is 0 Å². The molecule has 0 aliphatic rings. The van der Waals surface area contributed by atoms with Crippen LogP contribution in [0.1, 0.15) is 16.7 Å². The van der Waals surface area contributed by atoms with Gasteiger partial charge in [0.2, 0.25) is 5.82 Å². The number of aromatic nitrogens is 3. The van der Waals surface area contributed by atoms with Crippen LogP contribution in [0.25, 0.3) is 0 Å². The summed E-state index contributed by atoms with van der Waals surface area (Å²) in [5.41, 5.74) is 4.23. The van der Waals surface area contributed by atoms with Gasteiger partial charge in [-0.15, -0.1) is 16.8 Å². The fraction of sp³-hybridized carbons (Fsp3) is 0.190. The molecule has 28 heavy (non-hydrogen) atoms. The van der Waals surface area contributed by atoms with Crippen LogP contribution >= 0.6 is 27.7 Å². The molecular formula is C21H21BrN4OS. The first-order chi connectivity index (χ1) is 13.5. The molecule has 1 heterocycles. The number of hydrogen-bond acceptors (Lipinski definition) is 5. The average molecular weight is 457 g/mol. The number of benzene rings is 2. The van der Waals surface area contributed by atoms with Crippen molar-refractivity contribution in [1.82, 2.24) is 14.8 Å². The molecule has 0 saturated carbocycles. The van der Waals surface area contributed by atoms with Gasteiger partial charge in [0.1, 0.15) is 0 Å². The first kappa shape index (κ1) is 20.4. The summed E-state index contributed by atoms with van der Waals surface area (Å²) in [7, 11) is 0. The quantitative estimate of drug-likeness (QED) is 0.389. The van der Waals surface area contributed by atoms with Gasteiger partial charge in [-0.3, -0.25) is 9.36 Å². The standard InChI is InChI=1S/C21H21BrN4OS/c1-4-11-26-20(27)19(23-18-9-7-17(22)8-10-18)24-25-21(26)28-13-16-6-5-14(2)12-15(16)3/h4-10,12H,1,11,13H2,2-3H3,(H,23,24). The van der Waals surface area contributed by atoms with Crippen LogP contribution in [0.4, 0.5) is 11.5 Å². The van der Waals surface area contributed by atoms with E-state index >= 15 is 0 Å². The topological polar surface area (TPSA) is 59.8 Å². The number of anilines is 2. The minimum Gasteiger partial charge on any atom is -0.334 e. The van der Waals surface area contributed by atoms with Gasteiger partial charge in [-0.2, -0.15) is 0 Å². The maximum atomic E-state index is 12.9. The lowest BCUT2D eigenvalue weighted by Crippen LogP contribution is -2.26. The number of allylic oxidation sites excluding steroid dienone is 1. The molecule has 1 aromatic heterocycles. The van der Waals surface area contributed by atoms with Gasteiger partial charge in [0.15, 0.2) is 5.16 Å². The van der Waals surface area contributed by atoms with Crippen LogP contribution in [0.2, 0.25) is 0 Å². The van der Waals surface area contributed by atoms with Crippen LogP contribution < -0.4 is 10.9 Å². The third kappa shape index (κ3) is 4.91. The van der Waals surface area contributed by atoms with E-state index in [4.69, 9.17) is 0 Å². The molecule has 0 amide bonds. The lowest BCUT2D eigenvalue weighted by molar-refractivity contribution is 0.626. The summed E-state index contributed by atoms with van der Waals surface area (Å²) in [4.78, 5) is 12.9. The van der Waals surface area contributed by atoms with Crippen molar-refractivity contribution in [1.29, 1.82) is 0 Å². The van der Waals surface area contributed by atoms with E-state index in [9.17, 15) is 4.79 Å². The Morgan fingerprint density at radius 1 is 1.18 bits per heavy atom. The number of nitrogens with zero attached hydrogens (tertiary/aromatic N) is 3. The maximum absolute atomic E-state index is 12.9. The average Bonchev–Trinajstić information content (AvgIpc) is 2.67. The Bertz CT molecular complexity index is 1050. The van der Waals surface area contributed by atoms with E-state index in [2.05, 4.69) is 70.1 Å². The zero-order chi connectivity index (χ0) is 20.1. The summed E-state index contributed by atoms with van der Waals surface area (Å²) in [5.74, 6) is 0.914. The second-order valence-electron chi connectivity index (χ2n) is 6.39. The van der Waals surface area contributed by atoms with Crippen molar-refractivity contribution in [2.75, 3.05) is 5.32 Å². The minimum absolute atomic E-state index is 0.194. The van der Waals surface area contributed by atoms with Crippen molar-refractivity contribution in [2.24, 2.45) is 0 Å². The molecule has 0 aliphatic carbocycles. The van der Waals surface area contributed by atoms with Crippen molar-refractivity contribution >= 4 is 39.2 Å². The zero-order valence-corrected chi connectivity index (χ0v) is 18.2. The predicted octanol–water partition coefficient (Wildman–Crippen LogP) is 5.24. The molecule has 0 unspecified atom stereocenters. The Balaban J connectivity index is 1.85. The molecule has 7 heteroatoms. The highest BCUT2D eigenvalue weighted by molar-refractivity contribution is 9.10. The van der Waals surface area contributed by atoms with Crippen molar-refractivity contribution < 1.29 is 0 Å². The van der Waals surface area contributed by atoms with Crippen LogP contribution in [0.3, 0.4) is 0 Å². The van der Waals surface area contributed by atoms with Crippen molar-refractivity contribution in [3.8, 4) is 0 Å². The normalized spacial score (nSPS) is 10.7. The molecule has 0 atom stereocenters. The van der Waals surface area contributed by atoms with E-state index in [1.54, 1.807) is 10.6 Å². The first-order valence-corrected chi connectivity index (χ1v) is 10.6. The highest BCUT2D eigenvalue weighted by atomic mass is 79.9. The summed E-state index contributed by atoms with van der Waals surface area (Å²) in [6, 6.07) is 13.9. The second kappa shape index (κ2) is 9.21. The Morgan fingerprint density at radius 2 is 1.93 bits per heavy atom. The number of nitrogens with one attached hydrogen (secondary N) is 1. The monoisotopic (exact) mass is 456 g/mol. The molecule has 1 N–H and O–H groups in total. The van der Waals surface area contributed by atoms with E-state index in [1.807, 2.05) is 24.3 Å². The molecule has 0 radical (unpaired) electrons. The third-order valence-electron chi connectivity index (χ3n) is 4.19. The van der Waals surface area contributed by atoms with Gasteiger partial charge in [0.05, 0.1) is 0 Å². The summed E-state index contributed by atoms with van der Waals surface area (Å²) in [6.45, 7) is 8.31. The van der Waals surface area contributed by atoms with Gasteiger partial charge in [-0.05, 0) is 49.2 Å². The van der Waals surface area contributed by atoms with Crippen molar-refractivity contribution in [3.05, 3.63) is 86.6 Å². The summed E-state index contributed by atoms with van der Waals surface area (Å²) >= 11 is 4.90. The smallest absolute Gasteiger partial charge is 0.297 e. The lowest BCUT2D eigenvalue weighted by atomic mass is 10.1. The van der Waals surface area contributed by atoms with Crippen molar-refractivity contribution in [2.45, 2.75) is 31.3 Å². The van der Waals surface area contributed by atoms with E-state index < -0.39 is 0 Å². The molecule has 5 nitrogen and oxygen atoms in total. The highest BCUT2D eigenvalue weighted by Crippen LogP contribution is 2.23. The molecule has 0 bridgehead atoms. The Kier molecular flexibility index (Phi) is 6.70. The number of rotatable bonds is 7. The van der Waals surface area contributed by atoms with Crippen LogP contribution in [-0.4, -0.2) is 14.8 Å². The fourth-order valence-corrected chi connectivity index (χ4v) is 3.98. The zero-order valence-electron chi connectivity index (χ0n) is 15.8. The summed E-state index contributed by atoms with van der Waals surface area (Å²) in [5, 5.41) is 12.0. The first-order valence-electron chi connectivity index (χ1n) is 8.78. The number of thioether (sulfide) groups is 1. The van der Waals surface area contributed by atoms with E-state index in [0.29, 0.717) is 11.7 Å². The van der Waals surface area contributed by atoms with Gasteiger partial charge in [0, 0.05) is 22.5 Å². The molecule has 0 spiro atoms. The molecule has 0 aliphatic heterocycles. The highest BCUT2D eigenvalue weighted by Gasteiger charge is 2.13. The molecular weight excluding hydrogens is 436 g/mol. The van der Waals surface area contributed by atoms with Gasteiger partial charge in [-0.25, -0.2) is 0 Å². The largest absolute Gasteiger partial charge is 0.334 e. The number of halogens is 1. The molecule has 2 aromatic carbocycles. The van der Waals surface area contributed by atoms with Gasteiger partial charge < -0.3 is 5.32 Å².